The summed E-state index contributed by atoms with van der Waals surface area (Å²) in [6, 6.07) is 7.40. The summed E-state index contributed by atoms with van der Waals surface area (Å²) in [6.45, 7) is 0.793. The van der Waals surface area contributed by atoms with E-state index >= 15 is 0 Å². The van der Waals surface area contributed by atoms with Gasteiger partial charge in [0.25, 0.3) is 5.91 Å². The highest BCUT2D eigenvalue weighted by Gasteiger charge is 2.27. The van der Waals surface area contributed by atoms with Gasteiger partial charge in [0, 0.05) is 11.0 Å². The Kier molecular flexibility index (Phi) is 4.18. The summed E-state index contributed by atoms with van der Waals surface area (Å²) >= 11 is 3.40. The summed E-state index contributed by atoms with van der Waals surface area (Å²) in [4.78, 5) is 14.2. The Hall–Kier alpha value is -0.870. The Bertz CT molecular complexity index is 408. The molecule has 0 saturated carbocycles. The van der Waals surface area contributed by atoms with Crippen LogP contribution in [0.3, 0.4) is 0 Å². The first kappa shape index (κ1) is 12.6. The third kappa shape index (κ3) is 2.69. The summed E-state index contributed by atoms with van der Waals surface area (Å²) in [7, 11) is 0. The summed E-state index contributed by atoms with van der Waals surface area (Å²) in [5.41, 5.74) is 0.674. The van der Waals surface area contributed by atoms with E-state index in [0.717, 1.165) is 30.3 Å². The summed E-state index contributed by atoms with van der Waals surface area (Å²) in [5, 5.41) is 9.32. The molecule has 1 heterocycles. The number of halogens is 1. The first-order valence-corrected chi connectivity index (χ1v) is 6.69. The summed E-state index contributed by atoms with van der Waals surface area (Å²) in [5.74, 6) is 0.0104. The molecule has 4 heteroatoms. The molecule has 1 saturated heterocycles. The Morgan fingerprint density at radius 2 is 2.18 bits per heavy atom. The molecule has 92 valence electrons. The zero-order valence-corrected chi connectivity index (χ0v) is 11.2. The maximum Gasteiger partial charge on any atom is 0.255 e. The normalized spacial score (nSPS) is 20.4. The smallest absolute Gasteiger partial charge is 0.255 e. The topological polar surface area (TPSA) is 40.5 Å². The van der Waals surface area contributed by atoms with Crippen LogP contribution in [0.15, 0.2) is 28.7 Å². The van der Waals surface area contributed by atoms with Crippen LogP contribution in [0, 0.1) is 0 Å². The number of rotatable bonds is 2. The minimum Gasteiger partial charge on any atom is -0.394 e. The molecule has 1 aliphatic heterocycles. The molecule has 1 N–H and O–H groups in total. The van der Waals surface area contributed by atoms with Gasteiger partial charge in [0.05, 0.1) is 18.2 Å². The molecule has 0 aliphatic carbocycles. The van der Waals surface area contributed by atoms with E-state index in [9.17, 15) is 9.90 Å². The molecule has 1 fully saturated rings. The lowest BCUT2D eigenvalue weighted by Crippen LogP contribution is -2.45. The van der Waals surface area contributed by atoms with Crippen molar-refractivity contribution in [1.29, 1.82) is 0 Å². The average molecular weight is 298 g/mol. The van der Waals surface area contributed by atoms with Crippen molar-refractivity contribution >= 4 is 21.8 Å². The Balaban J connectivity index is 2.21. The highest BCUT2D eigenvalue weighted by atomic mass is 79.9. The van der Waals surface area contributed by atoms with E-state index in [1.165, 1.54) is 0 Å². The number of nitrogens with zero attached hydrogens (tertiary/aromatic N) is 1. The summed E-state index contributed by atoms with van der Waals surface area (Å²) in [6.07, 6.45) is 3.00. The first-order valence-electron chi connectivity index (χ1n) is 5.90. The molecular formula is C13H16BrNO2. The SMILES string of the molecule is O=C(c1ccccc1Br)N1CCCC[C@@H]1CO. The lowest BCUT2D eigenvalue weighted by atomic mass is 10.0. The van der Waals surface area contributed by atoms with Crippen LogP contribution in [0.4, 0.5) is 0 Å². The molecule has 1 aromatic rings. The molecule has 2 rings (SSSR count). The maximum absolute atomic E-state index is 12.4. The van der Waals surface area contributed by atoms with Gasteiger partial charge in [-0.15, -0.1) is 0 Å². The van der Waals surface area contributed by atoms with Crippen LogP contribution in [-0.2, 0) is 0 Å². The van der Waals surface area contributed by atoms with E-state index < -0.39 is 0 Å². The summed E-state index contributed by atoms with van der Waals surface area (Å²) < 4.78 is 0.812. The van der Waals surface area contributed by atoms with Crippen molar-refractivity contribution in [3.05, 3.63) is 34.3 Å². The van der Waals surface area contributed by atoms with Gasteiger partial charge in [-0.05, 0) is 47.3 Å². The van der Waals surface area contributed by atoms with Crippen molar-refractivity contribution in [3.8, 4) is 0 Å². The fourth-order valence-corrected chi connectivity index (χ4v) is 2.70. The van der Waals surface area contributed by atoms with Crippen molar-refractivity contribution in [2.75, 3.05) is 13.2 Å². The monoisotopic (exact) mass is 297 g/mol. The predicted octanol–water partition coefficient (Wildman–Crippen LogP) is 2.44. The number of aliphatic hydroxyl groups excluding tert-OH is 1. The van der Waals surface area contributed by atoms with Gasteiger partial charge in [0.2, 0.25) is 0 Å². The van der Waals surface area contributed by atoms with Crippen molar-refractivity contribution in [2.24, 2.45) is 0 Å². The third-order valence-electron chi connectivity index (χ3n) is 3.20. The van der Waals surface area contributed by atoms with Crippen LogP contribution in [0.2, 0.25) is 0 Å². The van der Waals surface area contributed by atoms with Crippen LogP contribution in [-0.4, -0.2) is 35.1 Å². The van der Waals surface area contributed by atoms with Gasteiger partial charge in [-0.25, -0.2) is 0 Å². The molecule has 0 unspecified atom stereocenters. The van der Waals surface area contributed by atoms with Gasteiger partial charge in [0.15, 0.2) is 0 Å². The van der Waals surface area contributed by atoms with Crippen molar-refractivity contribution in [3.63, 3.8) is 0 Å². The van der Waals surface area contributed by atoms with Crippen molar-refractivity contribution < 1.29 is 9.90 Å². The number of hydrogen-bond acceptors (Lipinski definition) is 2. The Labute approximate surface area is 110 Å². The largest absolute Gasteiger partial charge is 0.394 e. The maximum atomic E-state index is 12.4. The number of likely N-dealkylation sites (tertiary alicyclic amines) is 1. The van der Waals surface area contributed by atoms with Gasteiger partial charge in [0.1, 0.15) is 0 Å². The predicted molar refractivity (Wildman–Crippen MR) is 69.9 cm³/mol. The molecule has 0 radical (unpaired) electrons. The van der Waals surface area contributed by atoms with Crippen molar-refractivity contribution in [2.45, 2.75) is 25.3 Å². The standard InChI is InChI=1S/C13H16BrNO2/c14-12-7-2-1-6-11(12)13(17)15-8-4-3-5-10(15)9-16/h1-2,6-7,10,16H,3-5,8-9H2/t10-/m1/s1. The number of hydrogen-bond donors (Lipinski definition) is 1. The molecule has 0 bridgehead atoms. The van der Waals surface area contributed by atoms with Crippen LogP contribution < -0.4 is 0 Å². The fraction of sp³-hybridized carbons (Fsp3) is 0.462. The lowest BCUT2D eigenvalue weighted by molar-refractivity contribution is 0.0502. The Morgan fingerprint density at radius 3 is 2.88 bits per heavy atom. The van der Waals surface area contributed by atoms with Crippen LogP contribution in [0.1, 0.15) is 29.6 Å². The highest BCUT2D eigenvalue weighted by Crippen LogP contribution is 2.23. The van der Waals surface area contributed by atoms with Gasteiger partial charge >= 0.3 is 0 Å². The molecule has 17 heavy (non-hydrogen) atoms. The zero-order valence-electron chi connectivity index (χ0n) is 9.60. The van der Waals surface area contributed by atoms with Crippen LogP contribution in [0.5, 0.6) is 0 Å². The minimum atomic E-state index is -0.0247. The Morgan fingerprint density at radius 1 is 1.41 bits per heavy atom. The molecular weight excluding hydrogens is 282 g/mol. The molecule has 0 aromatic heterocycles. The van der Waals surface area contributed by atoms with E-state index in [0.29, 0.717) is 5.56 Å². The second kappa shape index (κ2) is 5.65. The molecule has 0 spiro atoms. The quantitative estimate of drug-likeness (QED) is 0.911. The number of piperidine rings is 1. The van der Waals surface area contributed by atoms with Gasteiger partial charge < -0.3 is 10.0 Å². The second-order valence-electron chi connectivity index (χ2n) is 4.31. The van der Waals surface area contributed by atoms with Gasteiger partial charge in [-0.2, -0.15) is 0 Å². The fourth-order valence-electron chi connectivity index (χ4n) is 2.25. The number of aliphatic hydroxyl groups is 1. The molecule has 3 nitrogen and oxygen atoms in total. The molecule has 1 aromatic carbocycles. The van der Waals surface area contributed by atoms with E-state index in [-0.39, 0.29) is 18.6 Å². The van der Waals surface area contributed by atoms with Crippen molar-refractivity contribution in [1.82, 2.24) is 4.90 Å². The van der Waals surface area contributed by atoms with E-state index in [1.54, 1.807) is 4.90 Å². The molecule has 1 aliphatic rings. The van der Waals surface area contributed by atoms with Crippen LogP contribution in [0.25, 0.3) is 0 Å². The van der Waals surface area contributed by atoms with E-state index in [1.807, 2.05) is 24.3 Å². The number of carbonyl (C=O) groups is 1. The number of carbonyl (C=O) groups excluding carboxylic acids is 1. The number of benzene rings is 1. The second-order valence-corrected chi connectivity index (χ2v) is 5.16. The van der Waals surface area contributed by atoms with Crippen LogP contribution >= 0.6 is 15.9 Å². The zero-order chi connectivity index (χ0) is 12.3. The van der Waals surface area contributed by atoms with Gasteiger partial charge in [-0.3, -0.25) is 4.79 Å². The molecule has 1 amide bonds. The highest BCUT2D eigenvalue weighted by molar-refractivity contribution is 9.10. The number of amides is 1. The van der Waals surface area contributed by atoms with E-state index in [4.69, 9.17) is 0 Å². The van der Waals surface area contributed by atoms with Gasteiger partial charge in [-0.1, -0.05) is 12.1 Å². The van der Waals surface area contributed by atoms with E-state index in [2.05, 4.69) is 15.9 Å². The minimum absolute atomic E-state index is 0.0104. The first-order chi connectivity index (χ1) is 8.24. The molecule has 1 atom stereocenters. The third-order valence-corrected chi connectivity index (χ3v) is 3.89. The average Bonchev–Trinajstić information content (AvgIpc) is 2.38. The lowest BCUT2D eigenvalue weighted by Gasteiger charge is -2.34.